The van der Waals surface area contributed by atoms with Gasteiger partial charge in [0.05, 0.1) is 11.1 Å². The third-order valence-corrected chi connectivity index (χ3v) is 3.26. The van der Waals surface area contributed by atoms with Gasteiger partial charge in [-0.2, -0.15) is 0 Å². The Hall–Kier alpha value is -1.35. The fourth-order valence-electron chi connectivity index (χ4n) is 1.41. The molecule has 0 radical (unpaired) electrons. The van der Waals surface area contributed by atoms with Gasteiger partial charge in [-0.05, 0) is 24.6 Å². The molecule has 0 saturated carbocycles. The average molecular weight is 206 g/mol. The normalized spacial score (nSPS) is 10.4. The highest BCUT2D eigenvalue weighted by Gasteiger charge is 2.10. The van der Waals surface area contributed by atoms with Crippen molar-refractivity contribution in [1.29, 1.82) is 0 Å². The van der Waals surface area contributed by atoms with Crippen LogP contribution in [0.1, 0.15) is 21.5 Å². The topological polar surface area (TPSA) is 30.2 Å². The maximum absolute atomic E-state index is 10.6. The number of rotatable bonds is 3. The lowest BCUT2D eigenvalue weighted by molar-refractivity contribution is 0.112. The number of furan rings is 1. The summed E-state index contributed by atoms with van der Waals surface area (Å²) < 4.78 is 5.31. The van der Waals surface area contributed by atoms with Gasteiger partial charge in [0.15, 0.2) is 6.29 Å². The van der Waals surface area contributed by atoms with Crippen molar-refractivity contribution in [2.45, 2.75) is 13.3 Å². The number of hydrogen-bond donors (Lipinski definition) is 0. The summed E-state index contributed by atoms with van der Waals surface area (Å²) >= 11 is 1.53. The highest BCUT2D eigenvalue weighted by molar-refractivity contribution is 7.14. The Morgan fingerprint density at radius 2 is 2.43 bits per heavy atom. The molecule has 0 amide bonds. The van der Waals surface area contributed by atoms with E-state index in [1.165, 1.54) is 16.2 Å². The van der Waals surface area contributed by atoms with Crippen molar-refractivity contribution in [3.05, 3.63) is 34.2 Å². The Bertz CT molecular complexity index is 426. The lowest BCUT2D eigenvalue weighted by Crippen LogP contribution is -1.76. The standard InChI is InChI=1S/C11H10O2S/c1-2-11-9(6-8(7-12)14-11)10-4-3-5-13-10/h3-7H,2H2,1H3. The molecule has 2 heterocycles. The summed E-state index contributed by atoms with van der Waals surface area (Å²) in [5.41, 5.74) is 1.05. The van der Waals surface area contributed by atoms with Crippen LogP contribution in [0.15, 0.2) is 28.9 Å². The van der Waals surface area contributed by atoms with Crippen molar-refractivity contribution < 1.29 is 9.21 Å². The molecule has 0 aliphatic rings. The second-order valence-electron chi connectivity index (χ2n) is 2.93. The second kappa shape index (κ2) is 3.80. The molecule has 0 saturated heterocycles. The molecule has 0 aliphatic heterocycles. The van der Waals surface area contributed by atoms with Crippen LogP contribution in [0.2, 0.25) is 0 Å². The first-order valence-corrected chi connectivity index (χ1v) is 5.28. The van der Waals surface area contributed by atoms with Crippen LogP contribution in [0.25, 0.3) is 11.3 Å². The molecule has 0 aromatic carbocycles. The zero-order valence-corrected chi connectivity index (χ0v) is 8.64. The van der Waals surface area contributed by atoms with E-state index in [4.69, 9.17) is 4.42 Å². The van der Waals surface area contributed by atoms with Crippen molar-refractivity contribution in [1.82, 2.24) is 0 Å². The van der Waals surface area contributed by atoms with Gasteiger partial charge in [0.25, 0.3) is 0 Å². The van der Waals surface area contributed by atoms with E-state index in [0.29, 0.717) is 0 Å². The first-order valence-electron chi connectivity index (χ1n) is 4.47. The van der Waals surface area contributed by atoms with E-state index in [-0.39, 0.29) is 0 Å². The van der Waals surface area contributed by atoms with Crippen molar-refractivity contribution >= 4 is 17.6 Å². The van der Waals surface area contributed by atoms with Crippen LogP contribution in [0.5, 0.6) is 0 Å². The molecule has 0 atom stereocenters. The largest absolute Gasteiger partial charge is 0.464 e. The van der Waals surface area contributed by atoms with Gasteiger partial charge in [-0.25, -0.2) is 0 Å². The van der Waals surface area contributed by atoms with Crippen molar-refractivity contribution in [2.75, 3.05) is 0 Å². The molecular weight excluding hydrogens is 196 g/mol. The van der Waals surface area contributed by atoms with Gasteiger partial charge >= 0.3 is 0 Å². The van der Waals surface area contributed by atoms with E-state index in [1.807, 2.05) is 18.2 Å². The van der Waals surface area contributed by atoms with E-state index >= 15 is 0 Å². The Balaban J connectivity index is 2.51. The smallest absolute Gasteiger partial charge is 0.160 e. The number of thiophene rings is 1. The van der Waals surface area contributed by atoms with Crippen LogP contribution in [-0.2, 0) is 6.42 Å². The van der Waals surface area contributed by atoms with Gasteiger partial charge in [-0.3, -0.25) is 4.79 Å². The Morgan fingerprint density at radius 3 is 3.00 bits per heavy atom. The molecule has 2 nitrogen and oxygen atoms in total. The van der Waals surface area contributed by atoms with Crippen molar-refractivity contribution in [2.24, 2.45) is 0 Å². The van der Waals surface area contributed by atoms with Crippen LogP contribution in [0.4, 0.5) is 0 Å². The zero-order chi connectivity index (χ0) is 9.97. The molecule has 0 bridgehead atoms. The highest BCUT2D eigenvalue weighted by Crippen LogP contribution is 2.31. The minimum atomic E-state index is 0.758. The first-order chi connectivity index (χ1) is 6.85. The van der Waals surface area contributed by atoms with Gasteiger partial charge in [0, 0.05) is 10.4 Å². The van der Waals surface area contributed by atoms with E-state index in [0.717, 1.165) is 28.9 Å². The third kappa shape index (κ3) is 1.51. The fourth-order valence-corrected chi connectivity index (χ4v) is 2.33. The van der Waals surface area contributed by atoms with Crippen LogP contribution in [0, 0.1) is 0 Å². The minimum Gasteiger partial charge on any atom is -0.464 e. The van der Waals surface area contributed by atoms with Crippen LogP contribution < -0.4 is 0 Å². The van der Waals surface area contributed by atoms with E-state index in [9.17, 15) is 4.79 Å². The van der Waals surface area contributed by atoms with Crippen LogP contribution >= 0.6 is 11.3 Å². The third-order valence-electron chi connectivity index (χ3n) is 2.05. The summed E-state index contributed by atoms with van der Waals surface area (Å²) in [6.45, 7) is 2.08. The number of hydrogen-bond acceptors (Lipinski definition) is 3. The summed E-state index contributed by atoms with van der Waals surface area (Å²) in [6.07, 6.45) is 3.46. The number of carbonyl (C=O) groups excluding carboxylic acids is 1. The summed E-state index contributed by atoms with van der Waals surface area (Å²) in [5, 5.41) is 0. The molecule has 0 N–H and O–H groups in total. The maximum Gasteiger partial charge on any atom is 0.160 e. The minimum absolute atomic E-state index is 0.758. The monoisotopic (exact) mass is 206 g/mol. The Labute approximate surface area is 86.2 Å². The Morgan fingerprint density at radius 1 is 1.57 bits per heavy atom. The predicted molar refractivity (Wildman–Crippen MR) is 56.8 cm³/mol. The van der Waals surface area contributed by atoms with Gasteiger partial charge in [-0.1, -0.05) is 6.92 Å². The maximum atomic E-state index is 10.6. The summed E-state index contributed by atoms with van der Waals surface area (Å²) in [5.74, 6) is 0.839. The lowest BCUT2D eigenvalue weighted by Gasteiger charge is -1.95. The number of aldehydes is 1. The van der Waals surface area contributed by atoms with Gasteiger partial charge in [-0.15, -0.1) is 11.3 Å². The molecule has 2 rings (SSSR count). The highest BCUT2D eigenvalue weighted by atomic mass is 32.1. The van der Waals surface area contributed by atoms with E-state index < -0.39 is 0 Å². The quantitative estimate of drug-likeness (QED) is 0.720. The first kappa shape index (κ1) is 9.21. The number of aryl methyl sites for hydroxylation is 1. The van der Waals surface area contributed by atoms with Crippen molar-refractivity contribution in [3.63, 3.8) is 0 Å². The predicted octanol–water partition coefficient (Wildman–Crippen LogP) is 3.38. The molecule has 3 heteroatoms. The molecule has 2 aromatic rings. The SMILES string of the molecule is CCc1sc(C=O)cc1-c1ccco1. The van der Waals surface area contributed by atoms with Crippen LogP contribution in [-0.4, -0.2) is 6.29 Å². The molecule has 72 valence electrons. The fraction of sp³-hybridized carbons (Fsp3) is 0.182. The molecule has 0 spiro atoms. The van der Waals surface area contributed by atoms with E-state index in [1.54, 1.807) is 6.26 Å². The molecule has 2 aromatic heterocycles. The molecule has 14 heavy (non-hydrogen) atoms. The van der Waals surface area contributed by atoms with Crippen LogP contribution in [0.3, 0.4) is 0 Å². The summed E-state index contributed by atoms with van der Waals surface area (Å²) in [7, 11) is 0. The van der Waals surface area contributed by atoms with Gasteiger partial charge in [0.2, 0.25) is 0 Å². The Kier molecular flexibility index (Phi) is 2.50. The summed E-state index contributed by atoms with van der Waals surface area (Å²) in [4.78, 5) is 12.6. The van der Waals surface area contributed by atoms with E-state index in [2.05, 4.69) is 6.92 Å². The number of carbonyl (C=O) groups is 1. The lowest BCUT2D eigenvalue weighted by atomic mass is 10.1. The molecule has 0 aliphatic carbocycles. The second-order valence-corrected chi connectivity index (χ2v) is 4.10. The van der Waals surface area contributed by atoms with Gasteiger partial charge in [0.1, 0.15) is 5.76 Å². The summed E-state index contributed by atoms with van der Waals surface area (Å²) in [6, 6.07) is 5.65. The van der Waals surface area contributed by atoms with Gasteiger partial charge < -0.3 is 4.42 Å². The molecule has 0 fully saturated rings. The molecular formula is C11H10O2S. The average Bonchev–Trinajstić information content (AvgIpc) is 2.85. The zero-order valence-electron chi connectivity index (χ0n) is 7.82. The molecule has 0 unspecified atom stereocenters. The van der Waals surface area contributed by atoms with Crippen molar-refractivity contribution in [3.8, 4) is 11.3 Å².